The topological polar surface area (TPSA) is 49.4 Å². The van der Waals surface area contributed by atoms with E-state index in [1.165, 1.54) is 0 Å². The molecule has 0 unspecified atom stereocenters. The Morgan fingerprint density at radius 1 is 1.06 bits per heavy atom. The molecule has 0 saturated carbocycles. The van der Waals surface area contributed by atoms with Crippen molar-refractivity contribution in [2.45, 2.75) is 45.8 Å². The summed E-state index contributed by atoms with van der Waals surface area (Å²) in [6.45, 7) is 11.2. The van der Waals surface area contributed by atoms with Crippen LogP contribution in [0.1, 0.15) is 40.5 Å². The Morgan fingerprint density at radius 2 is 1.50 bits per heavy atom. The summed E-state index contributed by atoms with van der Waals surface area (Å²) in [7, 11) is -3.12. The molecule has 0 aromatic rings. The standard InChI is InChI=1S/C13H28N2O2S/c1-11(2)9-15(10-12(3)4)18(16,17)13-5-7-14-8-6-13/h11-14H,5-10H2,1-4H3. The predicted octanol–water partition coefficient (Wildman–Crippen LogP) is 1.68. The zero-order chi connectivity index (χ0) is 13.8. The fourth-order valence-electron chi connectivity index (χ4n) is 2.40. The third-order valence-corrected chi connectivity index (χ3v) is 5.54. The lowest BCUT2D eigenvalue weighted by atomic mass is 10.2. The van der Waals surface area contributed by atoms with Crippen molar-refractivity contribution in [3.05, 3.63) is 0 Å². The molecule has 0 spiro atoms. The first-order chi connectivity index (χ1) is 8.34. The first kappa shape index (κ1) is 15.9. The SMILES string of the molecule is CC(C)CN(CC(C)C)S(=O)(=O)C1CCNCC1. The molecule has 1 saturated heterocycles. The summed E-state index contributed by atoms with van der Waals surface area (Å²) >= 11 is 0. The summed E-state index contributed by atoms with van der Waals surface area (Å²) in [6, 6.07) is 0. The molecule has 0 aromatic heterocycles. The van der Waals surface area contributed by atoms with E-state index in [1.807, 2.05) is 0 Å². The maximum Gasteiger partial charge on any atom is 0.217 e. The highest BCUT2D eigenvalue weighted by atomic mass is 32.2. The molecular formula is C13H28N2O2S. The Balaban J connectivity index is 2.80. The van der Waals surface area contributed by atoms with Crippen LogP contribution in [0.4, 0.5) is 0 Å². The van der Waals surface area contributed by atoms with Crippen molar-refractivity contribution in [2.75, 3.05) is 26.2 Å². The highest BCUT2D eigenvalue weighted by molar-refractivity contribution is 7.89. The fraction of sp³-hybridized carbons (Fsp3) is 1.00. The molecule has 18 heavy (non-hydrogen) atoms. The lowest BCUT2D eigenvalue weighted by Gasteiger charge is -2.31. The van der Waals surface area contributed by atoms with Crippen LogP contribution in [0.15, 0.2) is 0 Å². The van der Waals surface area contributed by atoms with Gasteiger partial charge in [0.1, 0.15) is 0 Å². The lowest BCUT2D eigenvalue weighted by molar-refractivity contribution is 0.324. The van der Waals surface area contributed by atoms with Crippen LogP contribution in [0.5, 0.6) is 0 Å². The van der Waals surface area contributed by atoms with E-state index in [9.17, 15) is 8.42 Å². The molecule has 0 amide bonds. The number of hydrogen-bond acceptors (Lipinski definition) is 3. The molecule has 1 aliphatic rings. The van der Waals surface area contributed by atoms with Gasteiger partial charge < -0.3 is 5.32 Å². The van der Waals surface area contributed by atoms with E-state index < -0.39 is 10.0 Å². The number of nitrogens with zero attached hydrogens (tertiary/aromatic N) is 1. The van der Waals surface area contributed by atoms with Crippen molar-refractivity contribution in [3.63, 3.8) is 0 Å². The summed E-state index contributed by atoms with van der Waals surface area (Å²) in [5, 5.41) is 3.04. The van der Waals surface area contributed by atoms with Crippen molar-refractivity contribution in [1.82, 2.24) is 9.62 Å². The Morgan fingerprint density at radius 3 is 1.89 bits per heavy atom. The van der Waals surface area contributed by atoms with Gasteiger partial charge in [0.15, 0.2) is 0 Å². The number of sulfonamides is 1. The van der Waals surface area contributed by atoms with E-state index in [4.69, 9.17) is 0 Å². The van der Waals surface area contributed by atoms with Gasteiger partial charge in [-0.1, -0.05) is 27.7 Å². The Hall–Kier alpha value is -0.130. The van der Waals surface area contributed by atoms with Crippen LogP contribution in [-0.2, 0) is 10.0 Å². The minimum absolute atomic E-state index is 0.184. The van der Waals surface area contributed by atoms with Crippen molar-refractivity contribution >= 4 is 10.0 Å². The zero-order valence-corrected chi connectivity index (χ0v) is 13.0. The van der Waals surface area contributed by atoms with E-state index in [2.05, 4.69) is 33.0 Å². The van der Waals surface area contributed by atoms with Crippen molar-refractivity contribution < 1.29 is 8.42 Å². The number of rotatable bonds is 6. The Kier molecular flexibility index (Phi) is 6.08. The highest BCUT2D eigenvalue weighted by Gasteiger charge is 2.33. The second kappa shape index (κ2) is 6.87. The van der Waals surface area contributed by atoms with Gasteiger partial charge in [0, 0.05) is 13.1 Å². The second-order valence-corrected chi connectivity index (χ2v) is 8.31. The molecule has 4 nitrogen and oxygen atoms in total. The molecule has 0 bridgehead atoms. The lowest BCUT2D eigenvalue weighted by Crippen LogP contribution is -2.46. The summed E-state index contributed by atoms with van der Waals surface area (Å²) in [4.78, 5) is 0. The van der Waals surface area contributed by atoms with Crippen molar-refractivity contribution in [3.8, 4) is 0 Å². The van der Waals surface area contributed by atoms with Gasteiger partial charge in [-0.15, -0.1) is 0 Å². The maximum absolute atomic E-state index is 12.7. The van der Waals surface area contributed by atoms with E-state index in [0.29, 0.717) is 24.9 Å². The maximum atomic E-state index is 12.7. The molecule has 1 fully saturated rings. The number of hydrogen-bond donors (Lipinski definition) is 1. The Bertz CT molecular complexity index is 323. The number of nitrogens with one attached hydrogen (secondary N) is 1. The van der Waals surface area contributed by atoms with Crippen LogP contribution in [0, 0.1) is 11.8 Å². The molecule has 0 radical (unpaired) electrons. The second-order valence-electron chi connectivity index (χ2n) is 6.10. The Labute approximate surface area is 112 Å². The van der Waals surface area contributed by atoms with E-state index in [-0.39, 0.29) is 5.25 Å². The summed E-state index contributed by atoms with van der Waals surface area (Å²) < 4.78 is 27.0. The van der Waals surface area contributed by atoms with Crippen LogP contribution in [-0.4, -0.2) is 44.2 Å². The monoisotopic (exact) mass is 276 g/mol. The largest absolute Gasteiger partial charge is 0.317 e. The molecule has 1 aliphatic heterocycles. The zero-order valence-electron chi connectivity index (χ0n) is 12.1. The first-order valence-corrected chi connectivity index (χ1v) is 8.54. The highest BCUT2D eigenvalue weighted by Crippen LogP contribution is 2.20. The van der Waals surface area contributed by atoms with Crippen LogP contribution >= 0.6 is 0 Å². The van der Waals surface area contributed by atoms with Crippen molar-refractivity contribution in [2.24, 2.45) is 11.8 Å². The van der Waals surface area contributed by atoms with Gasteiger partial charge in [-0.25, -0.2) is 12.7 Å². The van der Waals surface area contributed by atoms with Gasteiger partial charge in [-0.3, -0.25) is 0 Å². The predicted molar refractivity (Wildman–Crippen MR) is 76.1 cm³/mol. The van der Waals surface area contributed by atoms with Crippen LogP contribution in [0.2, 0.25) is 0 Å². The fourth-order valence-corrected chi connectivity index (χ4v) is 4.67. The summed E-state index contributed by atoms with van der Waals surface area (Å²) in [6.07, 6.45) is 1.49. The van der Waals surface area contributed by atoms with Gasteiger partial charge in [0.05, 0.1) is 5.25 Å². The molecule has 0 aromatic carbocycles. The van der Waals surface area contributed by atoms with Gasteiger partial charge >= 0.3 is 0 Å². The summed E-state index contributed by atoms with van der Waals surface area (Å²) in [5.74, 6) is 0.750. The smallest absolute Gasteiger partial charge is 0.217 e. The van der Waals surface area contributed by atoms with Crippen LogP contribution in [0.3, 0.4) is 0 Å². The summed E-state index contributed by atoms with van der Waals surface area (Å²) in [5.41, 5.74) is 0. The average Bonchev–Trinajstić information content (AvgIpc) is 2.28. The van der Waals surface area contributed by atoms with Gasteiger partial charge in [0.25, 0.3) is 0 Å². The van der Waals surface area contributed by atoms with Crippen molar-refractivity contribution in [1.29, 1.82) is 0 Å². The average molecular weight is 276 g/mol. The van der Waals surface area contributed by atoms with E-state index in [1.54, 1.807) is 4.31 Å². The van der Waals surface area contributed by atoms with Crippen LogP contribution < -0.4 is 5.32 Å². The quantitative estimate of drug-likeness (QED) is 0.803. The first-order valence-electron chi connectivity index (χ1n) is 7.03. The third kappa shape index (κ3) is 4.52. The third-order valence-electron chi connectivity index (χ3n) is 3.20. The van der Waals surface area contributed by atoms with E-state index >= 15 is 0 Å². The van der Waals surface area contributed by atoms with Crippen LogP contribution in [0.25, 0.3) is 0 Å². The molecule has 1 N–H and O–H groups in total. The van der Waals surface area contributed by atoms with Gasteiger partial charge in [-0.05, 0) is 37.8 Å². The van der Waals surface area contributed by atoms with Gasteiger partial charge in [-0.2, -0.15) is 0 Å². The normalized spacial score (nSPS) is 19.1. The molecule has 5 heteroatoms. The molecule has 0 atom stereocenters. The molecular weight excluding hydrogens is 248 g/mol. The molecule has 1 heterocycles. The minimum atomic E-state index is -3.12. The molecule has 108 valence electrons. The molecule has 0 aliphatic carbocycles. The minimum Gasteiger partial charge on any atom is -0.317 e. The number of piperidine rings is 1. The van der Waals surface area contributed by atoms with E-state index in [0.717, 1.165) is 25.9 Å². The van der Waals surface area contributed by atoms with Gasteiger partial charge in [0.2, 0.25) is 10.0 Å². The molecule has 1 rings (SSSR count).